The molecule has 8 rings (SSSR count). The molecule has 16 heteroatoms. The quantitative estimate of drug-likeness (QED) is 0.0542. The third-order valence-corrected chi connectivity index (χ3v) is 11.1. The number of carboxylic acids is 1. The number of amides is 2. The van der Waals surface area contributed by atoms with Gasteiger partial charge in [0.2, 0.25) is 0 Å². The number of aromatic nitrogens is 2. The number of aliphatic carboxylic acids is 1. The molecular formula is C51H47LiN4O11. The Labute approximate surface area is 396 Å². The molecule has 2 amide bonds. The van der Waals surface area contributed by atoms with Crippen LogP contribution in [0.15, 0.2) is 121 Å². The Morgan fingerprint density at radius 1 is 0.567 bits per heavy atom. The summed E-state index contributed by atoms with van der Waals surface area (Å²) in [5, 5.41) is 13.5. The average Bonchev–Trinajstić information content (AvgIpc) is 3.82. The molecule has 0 atom stereocenters. The van der Waals surface area contributed by atoms with Crippen LogP contribution in [0, 0.1) is 0 Å². The number of fused-ring (bicyclic) bond motifs is 6. The normalized spacial score (nSPS) is 10.7. The number of benzene rings is 6. The fourth-order valence-electron chi connectivity index (χ4n) is 8.39. The Hall–Kier alpha value is -7.70. The van der Waals surface area contributed by atoms with Gasteiger partial charge in [0.05, 0.1) is 40.0 Å². The van der Waals surface area contributed by atoms with Crippen molar-refractivity contribution in [1.29, 1.82) is 0 Å². The number of carbonyl (C=O) groups is 6. The summed E-state index contributed by atoms with van der Waals surface area (Å²) < 4.78 is 20.2. The van der Waals surface area contributed by atoms with E-state index in [0.717, 1.165) is 38.2 Å². The summed E-state index contributed by atoms with van der Waals surface area (Å²) in [6.45, 7) is 3.84. The van der Waals surface area contributed by atoms with Gasteiger partial charge in [-0.25, -0.2) is 9.59 Å². The number of ether oxygens (including phenoxy) is 3. The third kappa shape index (κ3) is 10.2. The molecule has 0 fully saturated rings. The third-order valence-electron chi connectivity index (χ3n) is 11.1. The number of primary amides is 2. The van der Waals surface area contributed by atoms with Gasteiger partial charge in [0.15, 0.2) is 13.2 Å². The number of nitrogens with zero attached hydrogens (tertiary/aromatic N) is 2. The molecule has 6 aromatic carbocycles. The van der Waals surface area contributed by atoms with Crippen molar-refractivity contribution in [2.24, 2.45) is 11.5 Å². The largest absolute Gasteiger partial charge is 1.00 e. The van der Waals surface area contributed by atoms with Gasteiger partial charge in [-0.05, 0) is 46.9 Å². The molecule has 0 saturated carbocycles. The minimum Gasteiger partial charge on any atom is -0.870 e. The summed E-state index contributed by atoms with van der Waals surface area (Å²) in [5.74, 6) is -4.89. The van der Waals surface area contributed by atoms with Crippen LogP contribution in [0.2, 0.25) is 0 Å². The van der Waals surface area contributed by atoms with Crippen molar-refractivity contribution in [2.45, 2.75) is 39.8 Å². The van der Waals surface area contributed by atoms with Crippen LogP contribution in [0.25, 0.3) is 43.4 Å². The molecule has 0 saturated heterocycles. The first-order valence-corrected chi connectivity index (χ1v) is 20.8. The molecule has 67 heavy (non-hydrogen) atoms. The van der Waals surface area contributed by atoms with Crippen LogP contribution < -0.4 is 39.8 Å². The minimum atomic E-state index is -1.14. The van der Waals surface area contributed by atoms with Gasteiger partial charge in [0, 0.05) is 35.2 Å². The zero-order valence-corrected chi connectivity index (χ0v) is 37.4. The van der Waals surface area contributed by atoms with Gasteiger partial charge < -0.3 is 45.4 Å². The molecule has 2 aromatic heterocycles. The van der Waals surface area contributed by atoms with E-state index in [2.05, 4.69) is 0 Å². The number of Topliss-reactive ketones (excluding diaryl/α,β-unsaturated/α-hetero) is 2. The van der Waals surface area contributed by atoms with Crippen molar-refractivity contribution in [2.75, 3.05) is 20.3 Å². The number of carbonyl (C=O) groups excluding carboxylic acids is 5. The van der Waals surface area contributed by atoms with Crippen LogP contribution in [-0.2, 0) is 49.8 Å². The van der Waals surface area contributed by atoms with Gasteiger partial charge in [0.25, 0.3) is 23.4 Å². The molecule has 0 aliphatic rings. The first-order chi connectivity index (χ1) is 31.4. The van der Waals surface area contributed by atoms with Crippen molar-refractivity contribution in [3.05, 3.63) is 155 Å². The zero-order chi connectivity index (χ0) is 46.4. The smallest absolute Gasteiger partial charge is 0.870 e. The molecule has 338 valence electrons. The van der Waals surface area contributed by atoms with Crippen molar-refractivity contribution < 1.29 is 72.4 Å². The Kier molecular flexibility index (Phi) is 16.5. The molecule has 0 bridgehead atoms. The van der Waals surface area contributed by atoms with E-state index in [4.69, 9.17) is 30.8 Å². The van der Waals surface area contributed by atoms with E-state index in [1.807, 2.05) is 132 Å². The molecule has 0 spiro atoms. The van der Waals surface area contributed by atoms with Gasteiger partial charge in [0.1, 0.15) is 11.5 Å². The van der Waals surface area contributed by atoms with Crippen molar-refractivity contribution in [1.82, 2.24) is 9.13 Å². The second kappa shape index (κ2) is 22.0. The Balaban J connectivity index is 0.000000244. The monoisotopic (exact) mass is 898 g/mol. The Morgan fingerprint density at radius 3 is 1.30 bits per heavy atom. The predicted molar refractivity (Wildman–Crippen MR) is 248 cm³/mol. The number of carboxylic acid groups (broad SMARTS) is 1. The maximum atomic E-state index is 13.1. The van der Waals surface area contributed by atoms with Crippen LogP contribution in [0.4, 0.5) is 0 Å². The molecule has 6 N–H and O–H groups in total. The summed E-state index contributed by atoms with van der Waals surface area (Å²) in [5.41, 5.74) is 16.0. The predicted octanol–water partition coefficient (Wildman–Crippen LogP) is 3.99. The van der Waals surface area contributed by atoms with E-state index < -0.39 is 41.9 Å². The summed E-state index contributed by atoms with van der Waals surface area (Å²) in [7, 11) is 1.27. The van der Waals surface area contributed by atoms with Gasteiger partial charge in [-0.15, -0.1) is 0 Å². The molecule has 8 aromatic rings. The standard InChI is InChI=1S/C26H24N2O5.C25H22N2O5.Li.H2O/c1-3-19-22(25(30)26(27)31)23-20(33-15-21(29)32-2)13-17-11-7-8-12-18(17)24(23)28(19)14-16-9-5-4-6-10-16;1-2-18-21(24(30)25(26)31)22-19(32-14-20(28)29)12-16-10-6-7-11-17(16)23(22)27(18)13-15-8-4-3-5-9-15;;/h4-13H,3,14-15H2,1-2H3,(H2,27,31);3-12H,2,13-14H2,1H3,(H2,26,31)(H,28,29);;1H2/q;;+1;/p-1. The Bertz CT molecular complexity index is 3160. The minimum absolute atomic E-state index is 0. The molecule has 0 aliphatic carbocycles. The van der Waals surface area contributed by atoms with Crippen LogP contribution in [0.5, 0.6) is 11.5 Å². The molecule has 2 heterocycles. The SMILES string of the molecule is CCc1c(C(=O)C(N)=O)c2c(OCC(=O)O)cc3ccccc3c2n1Cc1ccccc1.CCc1c(C(=O)C(N)=O)c2c(OCC(=O)OC)cc3ccccc3c2n1Cc1ccccc1.[Li+].[OH-]. The number of ketones is 2. The molecule has 15 nitrogen and oxygen atoms in total. The van der Waals surface area contributed by atoms with Gasteiger partial charge in [-0.1, -0.05) is 123 Å². The first kappa shape index (κ1) is 50.3. The van der Waals surface area contributed by atoms with E-state index in [1.54, 1.807) is 12.1 Å². The Morgan fingerprint density at radius 2 is 0.940 bits per heavy atom. The van der Waals surface area contributed by atoms with Crippen LogP contribution in [0.3, 0.4) is 0 Å². The van der Waals surface area contributed by atoms with E-state index >= 15 is 0 Å². The summed E-state index contributed by atoms with van der Waals surface area (Å²) in [6, 6.07) is 38.3. The zero-order valence-electron chi connectivity index (χ0n) is 37.4. The maximum Gasteiger partial charge on any atom is 1.00 e. The topological polar surface area (TPSA) is 242 Å². The van der Waals surface area contributed by atoms with Crippen LogP contribution in [0.1, 0.15) is 57.1 Å². The van der Waals surface area contributed by atoms with Crippen molar-refractivity contribution in [3.8, 4) is 11.5 Å². The van der Waals surface area contributed by atoms with Crippen LogP contribution in [-0.4, -0.2) is 75.4 Å². The first-order valence-electron chi connectivity index (χ1n) is 20.8. The number of hydrogen-bond donors (Lipinski definition) is 3. The van der Waals surface area contributed by atoms with E-state index in [1.165, 1.54) is 7.11 Å². The molecule has 0 aliphatic heterocycles. The van der Waals surface area contributed by atoms with Crippen molar-refractivity contribution in [3.63, 3.8) is 0 Å². The average molecular weight is 899 g/mol. The number of hydrogen-bond acceptors (Lipinski definition) is 10. The van der Waals surface area contributed by atoms with E-state index in [0.29, 0.717) is 59.4 Å². The van der Waals surface area contributed by atoms with Gasteiger partial charge in [-0.3, -0.25) is 19.2 Å². The molecular weight excluding hydrogens is 852 g/mol. The molecule has 0 radical (unpaired) electrons. The van der Waals surface area contributed by atoms with Gasteiger partial charge >= 0.3 is 30.8 Å². The number of methoxy groups -OCH3 is 1. The number of nitrogens with two attached hydrogens (primary N) is 2. The summed E-state index contributed by atoms with van der Waals surface area (Å²) in [6.07, 6.45) is 0.948. The fraction of sp³-hybridized carbons (Fsp3) is 0.176. The van der Waals surface area contributed by atoms with Gasteiger partial charge in [-0.2, -0.15) is 0 Å². The van der Waals surface area contributed by atoms with Crippen molar-refractivity contribution >= 4 is 78.7 Å². The number of esters is 1. The second-order valence-corrected chi connectivity index (χ2v) is 15.1. The second-order valence-electron chi connectivity index (χ2n) is 15.1. The summed E-state index contributed by atoms with van der Waals surface area (Å²) >= 11 is 0. The number of rotatable bonds is 16. The fourth-order valence-corrected chi connectivity index (χ4v) is 8.39. The van der Waals surface area contributed by atoms with E-state index in [-0.39, 0.29) is 47.8 Å². The van der Waals surface area contributed by atoms with Crippen LogP contribution >= 0.6 is 0 Å². The summed E-state index contributed by atoms with van der Waals surface area (Å²) in [4.78, 5) is 73.0. The van der Waals surface area contributed by atoms with E-state index in [9.17, 15) is 28.8 Å². The maximum absolute atomic E-state index is 13.1. The molecule has 0 unspecified atom stereocenters.